The first-order valence-corrected chi connectivity index (χ1v) is 6.84. The van der Waals surface area contributed by atoms with Gasteiger partial charge in [0.05, 0.1) is 5.69 Å². The Kier molecular flexibility index (Phi) is 4.02. The maximum Gasteiger partial charge on any atom is 0.267 e. The molecule has 19 heavy (non-hydrogen) atoms. The average molecular weight is 263 g/mol. The third-order valence-corrected chi connectivity index (χ3v) is 3.78. The molecule has 0 aliphatic carbocycles. The SMILES string of the molecule is Cc1ccc(=O)n(C(C)C(=O)N2CCC(C)CC2)n1. The number of carbonyl (C=O) groups is 1. The zero-order valence-corrected chi connectivity index (χ0v) is 11.8. The molecule has 5 heteroatoms. The predicted octanol–water partition coefficient (Wildman–Crippen LogP) is 1.37. The van der Waals surface area contributed by atoms with E-state index in [0.29, 0.717) is 5.92 Å². The van der Waals surface area contributed by atoms with Gasteiger partial charge in [0.1, 0.15) is 6.04 Å². The monoisotopic (exact) mass is 263 g/mol. The Hall–Kier alpha value is -1.65. The van der Waals surface area contributed by atoms with Crippen LogP contribution in [-0.2, 0) is 4.79 Å². The maximum absolute atomic E-state index is 12.4. The van der Waals surface area contributed by atoms with Gasteiger partial charge in [0.15, 0.2) is 0 Å². The zero-order valence-electron chi connectivity index (χ0n) is 11.8. The molecule has 1 unspecified atom stereocenters. The van der Waals surface area contributed by atoms with Crippen LogP contribution >= 0.6 is 0 Å². The fourth-order valence-electron chi connectivity index (χ4n) is 2.40. The molecular weight excluding hydrogens is 242 g/mol. The molecule has 1 saturated heterocycles. The van der Waals surface area contributed by atoms with E-state index in [0.717, 1.165) is 31.6 Å². The van der Waals surface area contributed by atoms with Gasteiger partial charge >= 0.3 is 0 Å². The van der Waals surface area contributed by atoms with E-state index in [2.05, 4.69) is 12.0 Å². The number of amides is 1. The molecule has 0 N–H and O–H groups in total. The van der Waals surface area contributed by atoms with Gasteiger partial charge in [0.25, 0.3) is 5.56 Å². The van der Waals surface area contributed by atoms with E-state index in [1.165, 1.54) is 10.7 Å². The molecule has 0 radical (unpaired) electrons. The van der Waals surface area contributed by atoms with Crippen LogP contribution in [0.15, 0.2) is 16.9 Å². The average Bonchev–Trinajstić information content (AvgIpc) is 2.41. The number of nitrogens with zero attached hydrogens (tertiary/aromatic N) is 3. The van der Waals surface area contributed by atoms with Crippen molar-refractivity contribution in [2.24, 2.45) is 5.92 Å². The van der Waals surface area contributed by atoms with Crippen LogP contribution < -0.4 is 5.56 Å². The number of piperidine rings is 1. The summed E-state index contributed by atoms with van der Waals surface area (Å²) in [6.07, 6.45) is 2.07. The second kappa shape index (κ2) is 5.55. The second-order valence-electron chi connectivity index (χ2n) is 5.44. The molecule has 1 aromatic heterocycles. The first kappa shape index (κ1) is 13.8. The topological polar surface area (TPSA) is 55.2 Å². The largest absolute Gasteiger partial charge is 0.341 e. The van der Waals surface area contributed by atoms with Crippen molar-refractivity contribution in [2.75, 3.05) is 13.1 Å². The van der Waals surface area contributed by atoms with Crippen molar-refractivity contribution in [3.8, 4) is 0 Å². The molecule has 1 aliphatic heterocycles. The van der Waals surface area contributed by atoms with Gasteiger partial charge in [-0.3, -0.25) is 9.59 Å². The Labute approximate surface area is 113 Å². The standard InChI is InChI=1S/C14H21N3O2/c1-10-6-8-16(9-7-10)14(19)12(3)17-13(18)5-4-11(2)15-17/h4-5,10,12H,6-9H2,1-3H3. The fraction of sp³-hybridized carbons (Fsp3) is 0.643. The fourth-order valence-corrected chi connectivity index (χ4v) is 2.40. The van der Waals surface area contributed by atoms with E-state index in [9.17, 15) is 9.59 Å². The van der Waals surface area contributed by atoms with Crippen LogP contribution in [0.5, 0.6) is 0 Å². The lowest BCUT2D eigenvalue weighted by atomic mass is 9.99. The molecule has 0 aromatic carbocycles. The van der Waals surface area contributed by atoms with Gasteiger partial charge in [-0.05, 0) is 38.7 Å². The van der Waals surface area contributed by atoms with Crippen molar-refractivity contribution in [2.45, 2.75) is 39.7 Å². The van der Waals surface area contributed by atoms with Gasteiger partial charge in [-0.1, -0.05) is 6.92 Å². The van der Waals surface area contributed by atoms with Crippen LogP contribution in [-0.4, -0.2) is 33.7 Å². The molecule has 0 bridgehead atoms. The van der Waals surface area contributed by atoms with Gasteiger partial charge < -0.3 is 4.90 Å². The number of aromatic nitrogens is 2. The number of rotatable bonds is 2. The Bertz CT molecular complexity index is 516. The van der Waals surface area contributed by atoms with Crippen molar-refractivity contribution in [3.63, 3.8) is 0 Å². The summed E-state index contributed by atoms with van der Waals surface area (Å²) in [4.78, 5) is 26.0. The lowest BCUT2D eigenvalue weighted by Gasteiger charge is -2.32. The van der Waals surface area contributed by atoms with Crippen LogP contribution in [0.1, 0.15) is 38.4 Å². The first-order valence-electron chi connectivity index (χ1n) is 6.84. The van der Waals surface area contributed by atoms with Crippen molar-refractivity contribution in [1.82, 2.24) is 14.7 Å². The first-order chi connectivity index (χ1) is 8.99. The third-order valence-electron chi connectivity index (χ3n) is 3.78. The summed E-state index contributed by atoms with van der Waals surface area (Å²) in [7, 11) is 0. The quantitative estimate of drug-likeness (QED) is 0.810. The number of hydrogen-bond acceptors (Lipinski definition) is 3. The summed E-state index contributed by atoms with van der Waals surface area (Å²) in [6.45, 7) is 7.33. The molecule has 1 atom stereocenters. The minimum absolute atomic E-state index is 0.00731. The lowest BCUT2D eigenvalue weighted by molar-refractivity contribution is -0.136. The van der Waals surface area contributed by atoms with Crippen molar-refractivity contribution >= 4 is 5.91 Å². The number of likely N-dealkylation sites (tertiary alicyclic amines) is 1. The number of aryl methyl sites for hydroxylation is 1. The van der Waals surface area contributed by atoms with Gasteiger partial charge in [-0.25, -0.2) is 4.68 Å². The lowest BCUT2D eigenvalue weighted by Crippen LogP contribution is -2.43. The summed E-state index contributed by atoms with van der Waals surface area (Å²) >= 11 is 0. The summed E-state index contributed by atoms with van der Waals surface area (Å²) in [6, 6.07) is 2.60. The second-order valence-corrected chi connectivity index (χ2v) is 5.44. The molecule has 0 spiro atoms. The normalized spacial score (nSPS) is 18.4. The predicted molar refractivity (Wildman–Crippen MR) is 72.9 cm³/mol. The maximum atomic E-state index is 12.4. The molecule has 2 heterocycles. The van der Waals surface area contributed by atoms with Gasteiger partial charge in [-0.15, -0.1) is 0 Å². The summed E-state index contributed by atoms with van der Waals surface area (Å²) < 4.78 is 1.29. The van der Waals surface area contributed by atoms with Crippen molar-refractivity contribution < 1.29 is 4.79 Å². The highest BCUT2D eigenvalue weighted by atomic mass is 16.2. The molecule has 104 valence electrons. The molecule has 0 saturated carbocycles. The number of carbonyl (C=O) groups excluding carboxylic acids is 1. The van der Waals surface area contributed by atoms with E-state index < -0.39 is 6.04 Å². The van der Waals surface area contributed by atoms with E-state index in [1.807, 2.05) is 11.8 Å². The van der Waals surface area contributed by atoms with Crippen molar-refractivity contribution in [1.29, 1.82) is 0 Å². The molecule has 1 aliphatic rings. The minimum atomic E-state index is -0.527. The van der Waals surface area contributed by atoms with Crippen molar-refractivity contribution in [3.05, 3.63) is 28.2 Å². The third kappa shape index (κ3) is 3.03. The highest BCUT2D eigenvalue weighted by Gasteiger charge is 2.26. The molecule has 5 nitrogen and oxygen atoms in total. The minimum Gasteiger partial charge on any atom is -0.341 e. The summed E-state index contributed by atoms with van der Waals surface area (Å²) in [5.74, 6) is 0.672. The highest BCUT2D eigenvalue weighted by molar-refractivity contribution is 5.80. The van der Waals surface area contributed by atoms with E-state index in [4.69, 9.17) is 0 Å². The zero-order chi connectivity index (χ0) is 14.0. The Morgan fingerprint density at radius 2 is 2.00 bits per heavy atom. The van der Waals surface area contributed by atoms with Crippen LogP contribution in [0, 0.1) is 12.8 Å². The van der Waals surface area contributed by atoms with Gasteiger partial charge in [0.2, 0.25) is 5.91 Å². The van der Waals surface area contributed by atoms with E-state index in [-0.39, 0.29) is 11.5 Å². The molecule has 1 amide bonds. The summed E-state index contributed by atoms with van der Waals surface area (Å²) in [5, 5.41) is 4.16. The van der Waals surface area contributed by atoms with E-state index in [1.54, 1.807) is 13.0 Å². The Morgan fingerprint density at radius 3 is 2.63 bits per heavy atom. The Balaban J connectivity index is 2.15. The van der Waals surface area contributed by atoms with Crippen LogP contribution in [0.25, 0.3) is 0 Å². The molecule has 1 aromatic rings. The van der Waals surface area contributed by atoms with Crippen LogP contribution in [0.4, 0.5) is 0 Å². The highest BCUT2D eigenvalue weighted by Crippen LogP contribution is 2.18. The smallest absolute Gasteiger partial charge is 0.267 e. The van der Waals surface area contributed by atoms with Crippen LogP contribution in [0.2, 0.25) is 0 Å². The molecular formula is C14H21N3O2. The molecule has 2 rings (SSSR count). The Morgan fingerprint density at radius 1 is 1.37 bits per heavy atom. The van der Waals surface area contributed by atoms with Gasteiger partial charge in [-0.2, -0.15) is 5.10 Å². The molecule has 1 fully saturated rings. The van der Waals surface area contributed by atoms with Crippen LogP contribution in [0.3, 0.4) is 0 Å². The van der Waals surface area contributed by atoms with E-state index >= 15 is 0 Å². The number of hydrogen-bond donors (Lipinski definition) is 0. The van der Waals surface area contributed by atoms with Gasteiger partial charge in [0, 0.05) is 19.2 Å². The summed E-state index contributed by atoms with van der Waals surface area (Å²) in [5.41, 5.74) is 0.517.